The van der Waals surface area contributed by atoms with Crippen molar-refractivity contribution in [3.05, 3.63) is 124 Å². The number of aliphatic carboxylic acids is 2. The number of hydrogen-bond acceptors (Lipinski definition) is 4. The molecule has 44 heavy (non-hydrogen) atoms. The van der Waals surface area contributed by atoms with E-state index in [0.717, 1.165) is 54.6 Å². The van der Waals surface area contributed by atoms with E-state index in [0.29, 0.717) is 5.56 Å². The number of anilines is 2. The van der Waals surface area contributed by atoms with E-state index in [1.54, 1.807) is 6.07 Å². The Bertz CT molecular complexity index is 1740. The highest BCUT2D eigenvalue weighted by Gasteiger charge is 2.46. The first-order chi connectivity index (χ1) is 21.4. The highest BCUT2D eigenvalue weighted by atomic mass is 16.4. The molecule has 1 aliphatic heterocycles. The van der Waals surface area contributed by atoms with Crippen LogP contribution in [-0.2, 0) is 9.59 Å². The Hall–Kier alpha value is -5.15. The van der Waals surface area contributed by atoms with E-state index in [-0.39, 0.29) is 29.9 Å². The highest BCUT2D eigenvalue weighted by Crippen LogP contribution is 2.53. The van der Waals surface area contributed by atoms with Gasteiger partial charge in [0.2, 0.25) is 0 Å². The quantitative estimate of drug-likeness (QED) is 0.157. The van der Waals surface area contributed by atoms with E-state index < -0.39 is 11.9 Å². The van der Waals surface area contributed by atoms with Crippen molar-refractivity contribution in [2.45, 2.75) is 50.5 Å². The van der Waals surface area contributed by atoms with Crippen LogP contribution in [0.3, 0.4) is 0 Å². The summed E-state index contributed by atoms with van der Waals surface area (Å²) in [6, 6.07) is 26.5. The number of rotatable bonds is 8. The van der Waals surface area contributed by atoms with Gasteiger partial charge in [0.1, 0.15) is 11.6 Å². The number of carboxylic acid groups (broad SMARTS) is 2. The third-order valence-electron chi connectivity index (χ3n) is 9.02. The fourth-order valence-electron chi connectivity index (χ4n) is 7.11. The largest absolute Gasteiger partial charge is 0.481 e. The third-order valence-corrected chi connectivity index (χ3v) is 9.02. The van der Waals surface area contributed by atoms with Gasteiger partial charge in [-0.25, -0.2) is 4.79 Å². The van der Waals surface area contributed by atoms with Crippen LogP contribution in [0.25, 0.3) is 17.7 Å². The van der Waals surface area contributed by atoms with Gasteiger partial charge in [-0.3, -0.25) is 4.79 Å². The second-order valence-electron chi connectivity index (χ2n) is 11.7. The van der Waals surface area contributed by atoms with Crippen LogP contribution in [0.5, 0.6) is 0 Å². The summed E-state index contributed by atoms with van der Waals surface area (Å²) < 4.78 is 0. The van der Waals surface area contributed by atoms with Crippen molar-refractivity contribution in [1.29, 1.82) is 5.26 Å². The molecule has 2 N–H and O–H groups in total. The average molecular weight is 583 g/mol. The molecule has 6 heteroatoms. The van der Waals surface area contributed by atoms with Crippen LogP contribution in [-0.4, -0.2) is 28.2 Å². The predicted octanol–water partition coefficient (Wildman–Crippen LogP) is 8.37. The summed E-state index contributed by atoms with van der Waals surface area (Å²) in [7, 11) is 0. The lowest BCUT2D eigenvalue weighted by Gasteiger charge is -2.39. The van der Waals surface area contributed by atoms with Gasteiger partial charge in [0, 0.05) is 23.3 Å². The lowest BCUT2D eigenvalue weighted by atomic mass is 9.74. The van der Waals surface area contributed by atoms with Crippen molar-refractivity contribution in [2.24, 2.45) is 5.92 Å². The minimum absolute atomic E-state index is 0.0237. The lowest BCUT2D eigenvalue weighted by molar-refractivity contribution is -0.138. The molecule has 1 heterocycles. The Balaban J connectivity index is 1.40. The maximum Gasteiger partial charge on any atom is 0.346 e. The molecular formula is C38H34N2O4. The van der Waals surface area contributed by atoms with E-state index in [9.17, 15) is 25.1 Å². The van der Waals surface area contributed by atoms with Crippen LogP contribution in [0.15, 0.2) is 102 Å². The molecule has 0 spiro atoms. The first-order valence-electron chi connectivity index (χ1n) is 15.2. The van der Waals surface area contributed by atoms with Gasteiger partial charge < -0.3 is 15.1 Å². The van der Waals surface area contributed by atoms with Crippen LogP contribution >= 0.6 is 0 Å². The van der Waals surface area contributed by atoms with Gasteiger partial charge in [-0.1, -0.05) is 73.2 Å². The van der Waals surface area contributed by atoms with Crippen LogP contribution in [0, 0.1) is 17.2 Å². The number of benzene rings is 3. The molecule has 3 unspecified atom stereocenters. The standard InChI is InChI=1S/C38H34N2O4/c39-24-30(38(43)44)20-26-16-19-35-34(22-26)32-13-7-12-29(23-36(41)42)37(32)40(35)31-17-14-25(15-18-31)21-33(27-8-3-1-4-9-27)28-10-5-2-6-11-28/h1-5,8-10,14-22,29,32,37H,6-7,11-13,23H2,(H,41,42)(H,43,44)/b30-20-,33-21-. The van der Waals surface area contributed by atoms with Crippen molar-refractivity contribution >= 4 is 41.0 Å². The number of carbonyl (C=O) groups is 2. The molecule has 1 saturated carbocycles. The van der Waals surface area contributed by atoms with Crippen LogP contribution in [0.1, 0.15) is 66.7 Å². The van der Waals surface area contributed by atoms with E-state index in [1.807, 2.05) is 24.3 Å². The molecule has 220 valence electrons. The molecule has 3 aromatic carbocycles. The molecule has 1 fully saturated rings. The van der Waals surface area contributed by atoms with Crippen LogP contribution in [0.4, 0.5) is 11.4 Å². The molecule has 0 radical (unpaired) electrons. The zero-order valence-electron chi connectivity index (χ0n) is 24.4. The lowest BCUT2D eigenvalue weighted by Crippen LogP contribution is -2.40. The summed E-state index contributed by atoms with van der Waals surface area (Å²) >= 11 is 0. The summed E-state index contributed by atoms with van der Waals surface area (Å²) in [5.74, 6) is -1.96. The minimum Gasteiger partial charge on any atom is -0.481 e. The summed E-state index contributed by atoms with van der Waals surface area (Å²) in [6.07, 6.45) is 15.0. The SMILES string of the molecule is N#C/C(=C/c1ccc2c(c1)C1CCCC(CC(=O)O)C1N2c1ccc(/C=C(\C2=CC=CCC2)c2ccccc2)cc1)C(=O)O. The Morgan fingerprint density at radius 1 is 0.955 bits per heavy atom. The van der Waals surface area contributed by atoms with Crippen molar-refractivity contribution in [3.63, 3.8) is 0 Å². The molecule has 3 aliphatic rings. The maximum absolute atomic E-state index is 11.9. The predicted molar refractivity (Wildman–Crippen MR) is 173 cm³/mol. The summed E-state index contributed by atoms with van der Waals surface area (Å²) in [5, 5.41) is 28.4. The van der Waals surface area contributed by atoms with Gasteiger partial charge >= 0.3 is 11.9 Å². The molecule has 3 atom stereocenters. The van der Waals surface area contributed by atoms with Crippen LogP contribution < -0.4 is 4.90 Å². The minimum atomic E-state index is -1.26. The summed E-state index contributed by atoms with van der Waals surface area (Å²) in [6.45, 7) is 0. The number of carboxylic acids is 2. The van der Waals surface area contributed by atoms with E-state index >= 15 is 0 Å². The molecule has 6 rings (SSSR count). The third kappa shape index (κ3) is 5.87. The fourth-order valence-corrected chi connectivity index (χ4v) is 7.11. The van der Waals surface area contributed by atoms with Gasteiger partial charge in [-0.05, 0) is 101 Å². The Labute approximate surface area is 257 Å². The van der Waals surface area contributed by atoms with Crippen molar-refractivity contribution in [3.8, 4) is 6.07 Å². The van der Waals surface area contributed by atoms with Gasteiger partial charge in [-0.2, -0.15) is 5.26 Å². The molecule has 0 aromatic heterocycles. The Morgan fingerprint density at radius 3 is 2.41 bits per heavy atom. The average Bonchev–Trinajstić information content (AvgIpc) is 3.38. The first-order valence-corrected chi connectivity index (χ1v) is 15.2. The van der Waals surface area contributed by atoms with Gasteiger partial charge in [0.25, 0.3) is 0 Å². The molecule has 0 bridgehead atoms. The number of allylic oxidation sites excluding steroid dienone is 5. The van der Waals surface area contributed by atoms with E-state index in [2.05, 4.69) is 77.7 Å². The van der Waals surface area contributed by atoms with E-state index in [4.69, 9.17) is 0 Å². The fraction of sp³-hybridized carbons (Fsp3) is 0.237. The van der Waals surface area contributed by atoms with Crippen LogP contribution in [0.2, 0.25) is 0 Å². The van der Waals surface area contributed by atoms with Gasteiger partial charge in [-0.15, -0.1) is 0 Å². The Morgan fingerprint density at radius 2 is 1.73 bits per heavy atom. The molecular weight excluding hydrogens is 548 g/mol. The number of hydrogen-bond donors (Lipinski definition) is 2. The summed E-state index contributed by atoms with van der Waals surface area (Å²) in [4.78, 5) is 25.7. The number of nitriles is 1. The monoisotopic (exact) mass is 582 g/mol. The zero-order valence-corrected chi connectivity index (χ0v) is 24.4. The van der Waals surface area contributed by atoms with Gasteiger partial charge in [0.15, 0.2) is 0 Å². The molecule has 0 saturated heterocycles. The molecule has 2 aliphatic carbocycles. The Kier molecular flexibility index (Phi) is 8.29. The van der Waals surface area contributed by atoms with Crippen molar-refractivity contribution < 1.29 is 19.8 Å². The second-order valence-corrected chi connectivity index (χ2v) is 11.7. The molecule has 3 aromatic rings. The van der Waals surface area contributed by atoms with Crippen molar-refractivity contribution in [2.75, 3.05) is 4.90 Å². The second kappa shape index (κ2) is 12.6. The summed E-state index contributed by atoms with van der Waals surface area (Å²) in [5.41, 5.74) is 8.22. The molecule has 0 amide bonds. The first kappa shape index (κ1) is 28.9. The smallest absolute Gasteiger partial charge is 0.346 e. The topological polar surface area (TPSA) is 102 Å². The van der Waals surface area contributed by atoms with Crippen molar-refractivity contribution in [1.82, 2.24) is 0 Å². The number of fused-ring (bicyclic) bond motifs is 3. The highest BCUT2D eigenvalue weighted by molar-refractivity contribution is 5.96. The zero-order chi connectivity index (χ0) is 30.6. The number of nitrogens with zero attached hydrogens (tertiary/aromatic N) is 2. The van der Waals surface area contributed by atoms with E-state index in [1.165, 1.54) is 22.8 Å². The normalized spacial score (nSPS) is 21.2. The molecule has 6 nitrogen and oxygen atoms in total. The van der Waals surface area contributed by atoms with Gasteiger partial charge in [0.05, 0.1) is 6.42 Å². The maximum atomic E-state index is 11.9.